The fourth-order valence-electron chi connectivity index (χ4n) is 4.28. The van der Waals surface area contributed by atoms with Gasteiger partial charge in [-0.1, -0.05) is 6.42 Å². The maximum Gasteiger partial charge on any atom is 0.306 e. The number of carbonyl (C=O) groups is 2. The summed E-state index contributed by atoms with van der Waals surface area (Å²) in [6, 6.07) is 0.693. The molecule has 0 aromatic heterocycles. The molecule has 2 unspecified atom stereocenters. The second kappa shape index (κ2) is 13.4. The van der Waals surface area contributed by atoms with Crippen LogP contribution in [0.2, 0.25) is 0 Å². The molecular weight excluding hydrogens is 495 g/mol. The Kier molecular flexibility index (Phi) is 11.2. The van der Waals surface area contributed by atoms with E-state index < -0.39 is 0 Å². The van der Waals surface area contributed by atoms with Gasteiger partial charge in [-0.05, 0) is 71.1 Å². The van der Waals surface area contributed by atoms with Gasteiger partial charge in [0.05, 0.1) is 0 Å². The lowest BCUT2D eigenvalue weighted by Crippen LogP contribution is -2.47. The average molecular weight is 534 g/mol. The van der Waals surface area contributed by atoms with Gasteiger partial charge in [0, 0.05) is 37.5 Å². The molecule has 0 aromatic rings. The summed E-state index contributed by atoms with van der Waals surface area (Å²) in [5.41, 5.74) is 0. The number of esters is 1. The van der Waals surface area contributed by atoms with E-state index in [4.69, 9.17) is 4.74 Å². The van der Waals surface area contributed by atoms with Gasteiger partial charge in [0.15, 0.2) is 5.96 Å². The molecule has 2 atom stereocenters. The van der Waals surface area contributed by atoms with E-state index in [0.29, 0.717) is 25.4 Å². The highest BCUT2D eigenvalue weighted by Crippen LogP contribution is 2.27. The average Bonchev–Trinajstić information content (AvgIpc) is 3.38. The molecule has 3 rings (SSSR count). The number of halogens is 1. The molecule has 0 aliphatic heterocycles. The smallest absolute Gasteiger partial charge is 0.306 e. The SMILES string of the molecule is CCNC(=NCCCC(=O)OC1CCCC1)NC1CCCC(C(=O)NC2CC2)C1.I. The Bertz CT molecular complexity index is 577. The Labute approximate surface area is 198 Å². The van der Waals surface area contributed by atoms with Crippen molar-refractivity contribution in [3.05, 3.63) is 0 Å². The minimum Gasteiger partial charge on any atom is -0.462 e. The molecule has 3 aliphatic rings. The Balaban J connectivity index is 0.00000320. The molecule has 1 amide bonds. The fourth-order valence-corrected chi connectivity index (χ4v) is 4.28. The van der Waals surface area contributed by atoms with Gasteiger partial charge < -0.3 is 20.7 Å². The van der Waals surface area contributed by atoms with Gasteiger partial charge >= 0.3 is 5.97 Å². The van der Waals surface area contributed by atoms with E-state index in [1.54, 1.807) is 0 Å². The van der Waals surface area contributed by atoms with Crippen LogP contribution in [-0.2, 0) is 14.3 Å². The van der Waals surface area contributed by atoms with Crippen molar-refractivity contribution >= 4 is 41.8 Å². The van der Waals surface area contributed by atoms with Crippen LogP contribution in [0.3, 0.4) is 0 Å². The van der Waals surface area contributed by atoms with Crippen LogP contribution in [0.25, 0.3) is 0 Å². The topological polar surface area (TPSA) is 91.8 Å². The van der Waals surface area contributed by atoms with Gasteiger partial charge in [-0.3, -0.25) is 14.6 Å². The van der Waals surface area contributed by atoms with Crippen molar-refractivity contribution in [2.75, 3.05) is 13.1 Å². The molecule has 0 bridgehead atoms. The third-order valence-electron chi connectivity index (χ3n) is 6.06. The van der Waals surface area contributed by atoms with Crippen LogP contribution in [0.15, 0.2) is 4.99 Å². The van der Waals surface area contributed by atoms with Crippen LogP contribution < -0.4 is 16.0 Å². The zero-order valence-corrected chi connectivity index (χ0v) is 20.6. The maximum atomic E-state index is 12.4. The maximum absolute atomic E-state index is 12.4. The number of hydrogen-bond acceptors (Lipinski definition) is 4. The molecule has 0 aromatic carbocycles. The number of amides is 1. The lowest BCUT2D eigenvalue weighted by atomic mass is 9.85. The standard InChI is InChI=1S/C22H38N4O3.HI/c1-2-23-22(24-14-6-11-20(27)29-19-9-3-4-10-19)26-18-8-5-7-16(15-18)21(28)25-17-12-13-17;/h16-19H,2-15H2,1H3,(H,25,28)(H2,23,24,26);1H. The summed E-state index contributed by atoms with van der Waals surface area (Å²) < 4.78 is 5.50. The number of carbonyl (C=O) groups excluding carboxylic acids is 2. The molecule has 7 nitrogen and oxygen atoms in total. The molecule has 3 saturated carbocycles. The lowest BCUT2D eigenvalue weighted by Gasteiger charge is -2.30. The number of aliphatic imine (C=N–C) groups is 1. The Hall–Kier alpha value is -1.06. The van der Waals surface area contributed by atoms with E-state index in [-0.39, 0.29) is 53.9 Å². The van der Waals surface area contributed by atoms with Crippen LogP contribution in [0.1, 0.15) is 84.0 Å². The third-order valence-corrected chi connectivity index (χ3v) is 6.06. The van der Waals surface area contributed by atoms with Crippen molar-refractivity contribution in [3.8, 4) is 0 Å². The van der Waals surface area contributed by atoms with Gasteiger partial charge in [0.1, 0.15) is 6.10 Å². The Morgan fingerprint density at radius 1 is 0.967 bits per heavy atom. The number of hydrogen-bond donors (Lipinski definition) is 3. The molecule has 0 saturated heterocycles. The van der Waals surface area contributed by atoms with Crippen LogP contribution in [-0.4, -0.2) is 49.1 Å². The molecule has 3 fully saturated rings. The van der Waals surface area contributed by atoms with Gasteiger partial charge in [-0.2, -0.15) is 0 Å². The molecule has 0 radical (unpaired) electrons. The molecule has 0 heterocycles. The predicted octanol–water partition coefficient (Wildman–Crippen LogP) is 3.26. The second-order valence-corrected chi connectivity index (χ2v) is 8.75. The summed E-state index contributed by atoms with van der Waals surface area (Å²) in [5, 5.41) is 9.93. The molecule has 30 heavy (non-hydrogen) atoms. The first-order valence-corrected chi connectivity index (χ1v) is 11.7. The zero-order valence-electron chi connectivity index (χ0n) is 18.3. The van der Waals surface area contributed by atoms with Gasteiger partial charge in [-0.25, -0.2) is 0 Å². The molecule has 172 valence electrons. The highest BCUT2D eigenvalue weighted by molar-refractivity contribution is 14.0. The quantitative estimate of drug-likeness (QED) is 0.139. The molecular formula is C22H39IN4O3. The van der Waals surface area contributed by atoms with Crippen LogP contribution in [0.4, 0.5) is 0 Å². The van der Waals surface area contributed by atoms with E-state index in [2.05, 4.69) is 20.9 Å². The lowest BCUT2D eigenvalue weighted by molar-refractivity contribution is -0.148. The number of ether oxygens (including phenoxy) is 1. The van der Waals surface area contributed by atoms with Gasteiger partial charge in [-0.15, -0.1) is 24.0 Å². The highest BCUT2D eigenvalue weighted by Gasteiger charge is 2.31. The van der Waals surface area contributed by atoms with Crippen LogP contribution in [0.5, 0.6) is 0 Å². The fraction of sp³-hybridized carbons (Fsp3) is 0.864. The van der Waals surface area contributed by atoms with E-state index in [1.807, 2.05) is 6.92 Å². The first-order chi connectivity index (χ1) is 14.1. The Morgan fingerprint density at radius 2 is 1.73 bits per heavy atom. The molecule has 3 aliphatic carbocycles. The number of nitrogens with zero attached hydrogens (tertiary/aromatic N) is 1. The molecule has 8 heteroatoms. The number of rotatable bonds is 9. The van der Waals surface area contributed by atoms with Gasteiger partial charge in [0.25, 0.3) is 0 Å². The van der Waals surface area contributed by atoms with E-state index in [9.17, 15) is 9.59 Å². The van der Waals surface area contributed by atoms with Crippen molar-refractivity contribution < 1.29 is 14.3 Å². The monoisotopic (exact) mass is 534 g/mol. The first-order valence-electron chi connectivity index (χ1n) is 11.7. The van der Waals surface area contributed by atoms with Gasteiger partial charge in [0.2, 0.25) is 5.91 Å². The van der Waals surface area contributed by atoms with Crippen LogP contribution >= 0.6 is 24.0 Å². The minimum absolute atomic E-state index is 0. The van der Waals surface area contributed by atoms with E-state index in [0.717, 1.165) is 63.9 Å². The summed E-state index contributed by atoms with van der Waals surface area (Å²) in [6.07, 6.45) is 11.8. The number of guanidine groups is 1. The first kappa shape index (κ1) is 25.2. The largest absolute Gasteiger partial charge is 0.462 e. The summed E-state index contributed by atoms with van der Waals surface area (Å²) in [5.74, 6) is 1.02. The van der Waals surface area contributed by atoms with Crippen molar-refractivity contribution in [3.63, 3.8) is 0 Å². The van der Waals surface area contributed by atoms with Crippen molar-refractivity contribution in [1.29, 1.82) is 0 Å². The van der Waals surface area contributed by atoms with E-state index in [1.165, 1.54) is 12.8 Å². The van der Waals surface area contributed by atoms with E-state index >= 15 is 0 Å². The molecule has 0 spiro atoms. The Morgan fingerprint density at radius 3 is 2.43 bits per heavy atom. The minimum atomic E-state index is -0.0955. The van der Waals surface area contributed by atoms with Crippen LogP contribution in [0, 0.1) is 5.92 Å². The third kappa shape index (κ3) is 8.98. The zero-order chi connectivity index (χ0) is 20.5. The normalized spacial score (nSPS) is 24.6. The second-order valence-electron chi connectivity index (χ2n) is 8.75. The summed E-state index contributed by atoms with van der Waals surface area (Å²) >= 11 is 0. The summed E-state index contributed by atoms with van der Waals surface area (Å²) in [6.45, 7) is 3.42. The van der Waals surface area contributed by atoms with Crippen molar-refractivity contribution in [2.24, 2.45) is 10.9 Å². The van der Waals surface area contributed by atoms with Crippen molar-refractivity contribution in [2.45, 2.75) is 102 Å². The summed E-state index contributed by atoms with van der Waals surface area (Å²) in [4.78, 5) is 28.9. The summed E-state index contributed by atoms with van der Waals surface area (Å²) in [7, 11) is 0. The molecule has 3 N–H and O–H groups in total. The number of nitrogens with one attached hydrogen (secondary N) is 3. The predicted molar refractivity (Wildman–Crippen MR) is 129 cm³/mol. The highest BCUT2D eigenvalue weighted by atomic mass is 127. The van der Waals surface area contributed by atoms with Crippen molar-refractivity contribution in [1.82, 2.24) is 16.0 Å².